The number of nitrogens with zero attached hydrogens (tertiary/aromatic N) is 2. The van der Waals surface area contributed by atoms with Crippen molar-refractivity contribution in [2.24, 2.45) is 0 Å². The highest BCUT2D eigenvalue weighted by atomic mass is 16.1. The Morgan fingerprint density at radius 1 is 0.966 bits per heavy atom. The number of carbonyl (C=O) groups is 2. The van der Waals surface area contributed by atoms with Crippen LogP contribution in [0.25, 0.3) is 11.0 Å². The number of carbonyl (C=O) groups excluding carboxylic acids is 2. The predicted molar refractivity (Wildman–Crippen MR) is 113 cm³/mol. The zero-order chi connectivity index (χ0) is 20.4. The summed E-state index contributed by atoms with van der Waals surface area (Å²) in [5, 5.41) is 6.60. The molecule has 2 aromatic carbocycles. The minimum absolute atomic E-state index is 0.0980. The van der Waals surface area contributed by atoms with Crippen molar-refractivity contribution in [2.45, 2.75) is 13.8 Å². The van der Waals surface area contributed by atoms with E-state index in [0.717, 1.165) is 11.3 Å². The van der Waals surface area contributed by atoms with Gasteiger partial charge in [0.05, 0.1) is 10.9 Å². The highest BCUT2D eigenvalue weighted by Gasteiger charge is 2.19. The molecule has 0 aliphatic carbocycles. The van der Waals surface area contributed by atoms with E-state index in [1.807, 2.05) is 43.3 Å². The maximum absolute atomic E-state index is 13.2. The number of aromatic amines is 1. The number of benzene rings is 2. The number of amides is 1. The molecule has 1 amide bonds. The third-order valence-electron chi connectivity index (χ3n) is 4.55. The second-order valence-electron chi connectivity index (χ2n) is 6.68. The number of ketones is 1. The lowest BCUT2D eigenvalue weighted by atomic mass is 9.99. The van der Waals surface area contributed by atoms with Gasteiger partial charge in [-0.3, -0.25) is 9.59 Å². The van der Waals surface area contributed by atoms with Gasteiger partial charge >= 0.3 is 0 Å². The van der Waals surface area contributed by atoms with E-state index < -0.39 is 0 Å². The van der Waals surface area contributed by atoms with Crippen LogP contribution in [-0.4, -0.2) is 26.6 Å². The lowest BCUT2D eigenvalue weighted by Crippen LogP contribution is -2.06. The zero-order valence-corrected chi connectivity index (χ0v) is 16.0. The molecule has 7 heteroatoms. The first-order valence-electron chi connectivity index (χ1n) is 9.10. The molecule has 0 saturated carbocycles. The lowest BCUT2D eigenvalue weighted by molar-refractivity contribution is -0.114. The fraction of sp³-hybridized carbons (Fsp3) is 0.0909. The topological polar surface area (TPSA) is 99.8 Å². The Kier molecular flexibility index (Phi) is 4.78. The predicted octanol–water partition coefficient (Wildman–Crippen LogP) is 4.20. The molecule has 144 valence electrons. The van der Waals surface area contributed by atoms with E-state index in [0.29, 0.717) is 33.7 Å². The van der Waals surface area contributed by atoms with Crippen LogP contribution in [-0.2, 0) is 4.79 Å². The number of hydrogen-bond acceptors (Lipinski definition) is 5. The van der Waals surface area contributed by atoms with Gasteiger partial charge in [0, 0.05) is 30.1 Å². The van der Waals surface area contributed by atoms with Gasteiger partial charge in [0.15, 0.2) is 5.78 Å². The van der Waals surface area contributed by atoms with Gasteiger partial charge in [-0.2, -0.15) is 0 Å². The fourth-order valence-corrected chi connectivity index (χ4v) is 3.22. The van der Waals surface area contributed by atoms with Crippen molar-refractivity contribution < 1.29 is 9.59 Å². The smallest absolute Gasteiger partial charge is 0.221 e. The van der Waals surface area contributed by atoms with Gasteiger partial charge in [-0.1, -0.05) is 30.3 Å². The molecule has 4 aromatic rings. The van der Waals surface area contributed by atoms with Crippen molar-refractivity contribution in [3.05, 3.63) is 77.7 Å². The number of fused-ring (bicyclic) bond motifs is 1. The van der Waals surface area contributed by atoms with Gasteiger partial charge in [-0.25, -0.2) is 9.97 Å². The molecule has 7 nitrogen and oxygen atoms in total. The minimum atomic E-state index is -0.150. The van der Waals surface area contributed by atoms with Gasteiger partial charge in [-0.15, -0.1) is 0 Å². The Hall–Kier alpha value is -4.00. The van der Waals surface area contributed by atoms with E-state index in [4.69, 9.17) is 0 Å². The fourth-order valence-electron chi connectivity index (χ4n) is 3.22. The van der Waals surface area contributed by atoms with Crippen LogP contribution in [0.4, 0.5) is 17.2 Å². The van der Waals surface area contributed by atoms with E-state index in [1.165, 1.54) is 13.3 Å². The molecule has 0 aliphatic heterocycles. The van der Waals surface area contributed by atoms with Crippen molar-refractivity contribution in [1.29, 1.82) is 0 Å². The first-order valence-corrected chi connectivity index (χ1v) is 9.10. The second-order valence-corrected chi connectivity index (χ2v) is 6.68. The number of rotatable bonds is 5. The number of hydrogen-bond donors (Lipinski definition) is 3. The third-order valence-corrected chi connectivity index (χ3v) is 4.55. The molecular weight excluding hydrogens is 366 g/mol. The largest absolute Gasteiger partial charge is 0.345 e. The van der Waals surface area contributed by atoms with E-state index >= 15 is 0 Å². The van der Waals surface area contributed by atoms with Crippen LogP contribution in [0, 0.1) is 6.92 Å². The monoisotopic (exact) mass is 385 g/mol. The molecule has 4 rings (SSSR count). The SMILES string of the molecule is CC(=O)Nc1cccc(Nc2ncnc3[nH]cc(C(=O)c4ccccc4C)c23)c1. The van der Waals surface area contributed by atoms with Gasteiger partial charge < -0.3 is 15.6 Å². The van der Waals surface area contributed by atoms with Crippen molar-refractivity contribution in [3.8, 4) is 0 Å². The average Bonchev–Trinajstić information content (AvgIpc) is 3.13. The Labute approximate surface area is 167 Å². The lowest BCUT2D eigenvalue weighted by Gasteiger charge is -2.10. The molecular formula is C22H19N5O2. The van der Waals surface area contributed by atoms with Crippen LogP contribution in [0.3, 0.4) is 0 Å². The van der Waals surface area contributed by atoms with Crippen LogP contribution in [0.15, 0.2) is 61.1 Å². The Morgan fingerprint density at radius 2 is 1.76 bits per heavy atom. The number of aromatic nitrogens is 3. The molecule has 3 N–H and O–H groups in total. The quantitative estimate of drug-likeness (QED) is 0.447. The summed E-state index contributed by atoms with van der Waals surface area (Å²) in [4.78, 5) is 36.1. The Bertz CT molecular complexity index is 1230. The normalized spacial score (nSPS) is 10.7. The van der Waals surface area contributed by atoms with Gasteiger partial charge in [0.1, 0.15) is 17.8 Å². The summed E-state index contributed by atoms with van der Waals surface area (Å²) in [7, 11) is 0. The van der Waals surface area contributed by atoms with Crippen LogP contribution in [0.1, 0.15) is 28.4 Å². The maximum atomic E-state index is 13.2. The molecule has 0 radical (unpaired) electrons. The number of nitrogens with one attached hydrogen (secondary N) is 3. The number of H-pyrrole nitrogens is 1. The van der Waals surface area contributed by atoms with Crippen molar-refractivity contribution >= 4 is 39.9 Å². The van der Waals surface area contributed by atoms with E-state index in [2.05, 4.69) is 25.6 Å². The van der Waals surface area contributed by atoms with Crippen molar-refractivity contribution in [2.75, 3.05) is 10.6 Å². The van der Waals surface area contributed by atoms with Gasteiger partial charge in [-0.05, 0) is 30.7 Å². The molecule has 0 saturated heterocycles. The van der Waals surface area contributed by atoms with Crippen LogP contribution >= 0.6 is 0 Å². The Morgan fingerprint density at radius 3 is 2.55 bits per heavy atom. The van der Waals surface area contributed by atoms with Gasteiger partial charge in [0.25, 0.3) is 0 Å². The molecule has 0 bridgehead atoms. The van der Waals surface area contributed by atoms with Crippen molar-refractivity contribution in [3.63, 3.8) is 0 Å². The summed E-state index contributed by atoms with van der Waals surface area (Å²) in [5.74, 6) is 0.260. The van der Waals surface area contributed by atoms with E-state index in [9.17, 15) is 9.59 Å². The van der Waals surface area contributed by atoms with E-state index in [1.54, 1.807) is 18.3 Å². The summed E-state index contributed by atoms with van der Waals surface area (Å²) >= 11 is 0. The highest BCUT2D eigenvalue weighted by Crippen LogP contribution is 2.29. The first-order chi connectivity index (χ1) is 14.0. The molecule has 2 aromatic heterocycles. The first kappa shape index (κ1) is 18.4. The molecule has 0 aliphatic rings. The molecule has 2 heterocycles. The second kappa shape index (κ2) is 7.55. The third kappa shape index (κ3) is 3.70. The van der Waals surface area contributed by atoms with Crippen LogP contribution in [0.2, 0.25) is 0 Å². The molecule has 0 atom stereocenters. The number of aryl methyl sites for hydroxylation is 1. The average molecular weight is 385 g/mol. The summed E-state index contributed by atoms with van der Waals surface area (Å²) < 4.78 is 0. The summed E-state index contributed by atoms with van der Waals surface area (Å²) in [6.45, 7) is 3.36. The number of anilines is 3. The summed E-state index contributed by atoms with van der Waals surface area (Å²) in [6, 6.07) is 14.7. The molecule has 0 fully saturated rings. The molecule has 0 unspecified atom stereocenters. The van der Waals surface area contributed by atoms with E-state index in [-0.39, 0.29) is 11.7 Å². The zero-order valence-electron chi connectivity index (χ0n) is 16.0. The van der Waals surface area contributed by atoms with Crippen LogP contribution < -0.4 is 10.6 Å². The maximum Gasteiger partial charge on any atom is 0.221 e. The van der Waals surface area contributed by atoms with Crippen LogP contribution in [0.5, 0.6) is 0 Å². The Balaban J connectivity index is 1.75. The van der Waals surface area contributed by atoms with Crippen molar-refractivity contribution in [1.82, 2.24) is 15.0 Å². The standard InChI is InChI=1S/C22H19N5O2/c1-13-6-3-4-9-17(13)20(29)18-11-23-21-19(18)22(25-12-24-21)27-16-8-5-7-15(10-16)26-14(2)28/h3-12H,1-2H3,(H,26,28)(H2,23,24,25,27). The minimum Gasteiger partial charge on any atom is -0.345 e. The van der Waals surface area contributed by atoms with Gasteiger partial charge in [0.2, 0.25) is 5.91 Å². The highest BCUT2D eigenvalue weighted by molar-refractivity contribution is 6.18. The molecule has 29 heavy (non-hydrogen) atoms. The summed E-state index contributed by atoms with van der Waals surface area (Å²) in [6.07, 6.45) is 3.09. The molecule has 0 spiro atoms. The summed E-state index contributed by atoms with van der Waals surface area (Å²) in [5.41, 5.74) is 4.00.